The molecule has 0 spiro atoms. The van der Waals surface area contributed by atoms with Crippen LogP contribution in [0, 0.1) is 38.7 Å². The quantitative estimate of drug-likeness (QED) is 0.0246. The second-order valence-electron chi connectivity index (χ2n) is 15.3. The van der Waals surface area contributed by atoms with E-state index >= 15 is 0 Å². The van der Waals surface area contributed by atoms with Gasteiger partial charge in [-0.25, -0.2) is 10.1 Å². The molecule has 1 aliphatic heterocycles. The van der Waals surface area contributed by atoms with Crippen molar-refractivity contribution in [1.82, 2.24) is 21.4 Å². The summed E-state index contributed by atoms with van der Waals surface area (Å²) in [4.78, 5) is 48.2. The molecule has 6 atom stereocenters. The summed E-state index contributed by atoms with van der Waals surface area (Å²) in [5.41, 5.74) is 6.72. The monoisotopic (exact) mass is 677 g/mol. The van der Waals surface area contributed by atoms with Crippen molar-refractivity contribution in [2.75, 3.05) is 6.54 Å². The minimum Gasteiger partial charge on any atom is -0.404 e. The average Bonchev–Trinajstić information content (AvgIpc) is 3.35. The standard InChI is InChI=1S/C33H60BN7O7/c1-22(2)19-27(34-47-26-21-23-20-25(32(23,3)4)33(26,5)48-34)39-30(44)24(15-14-18-37-31(36)40-41(45)46)38-29(43)17-13-11-9-7-6-8-10-12-16-28(35)42/h22-27H,6-21H2,1-5H3,(H2,35,42)(H,38,43)(H,39,44)(H3,36,37,40)/t23-,24-,25-,26+,27-,33-/m0/s1. The Hall–Kier alpha value is -2.94. The number of nitro groups is 1. The fourth-order valence-electron chi connectivity index (χ4n) is 7.93. The lowest BCUT2D eigenvalue weighted by Crippen LogP contribution is -2.65. The van der Waals surface area contributed by atoms with Gasteiger partial charge >= 0.3 is 7.12 Å². The van der Waals surface area contributed by atoms with Crippen molar-refractivity contribution >= 4 is 30.8 Å². The molecular formula is C33H60BN7O7. The first-order chi connectivity index (χ1) is 22.6. The number of carbonyl (C=O) groups is 3. The molecule has 2 bridgehead atoms. The van der Waals surface area contributed by atoms with Crippen LogP contribution in [-0.4, -0.2) is 66.1 Å². The van der Waals surface area contributed by atoms with E-state index in [4.69, 9.17) is 20.5 Å². The summed E-state index contributed by atoms with van der Waals surface area (Å²) in [6.07, 6.45) is 11.8. The molecule has 4 fully saturated rings. The highest BCUT2D eigenvalue weighted by Crippen LogP contribution is 2.65. The molecule has 48 heavy (non-hydrogen) atoms. The van der Waals surface area contributed by atoms with E-state index in [-0.39, 0.29) is 48.1 Å². The number of carbonyl (C=O) groups excluding carboxylic acids is 3. The van der Waals surface area contributed by atoms with E-state index < -0.39 is 35.7 Å². The van der Waals surface area contributed by atoms with E-state index in [1.54, 1.807) is 5.43 Å². The lowest BCUT2D eigenvalue weighted by Gasteiger charge is -2.64. The Morgan fingerprint density at radius 3 is 2.19 bits per heavy atom. The summed E-state index contributed by atoms with van der Waals surface area (Å²) in [6, 6.07) is -0.821. The Morgan fingerprint density at radius 1 is 0.979 bits per heavy atom. The number of amides is 3. The summed E-state index contributed by atoms with van der Waals surface area (Å²) < 4.78 is 13.2. The van der Waals surface area contributed by atoms with Crippen LogP contribution in [-0.2, 0) is 23.7 Å². The van der Waals surface area contributed by atoms with Gasteiger partial charge in [-0.3, -0.25) is 19.8 Å². The minimum absolute atomic E-state index is 0.0164. The number of unbranched alkanes of at least 4 members (excludes halogenated alkanes) is 7. The summed E-state index contributed by atoms with van der Waals surface area (Å²) in [6.45, 7) is 11.2. The van der Waals surface area contributed by atoms with Crippen LogP contribution in [0.1, 0.15) is 131 Å². The van der Waals surface area contributed by atoms with Gasteiger partial charge in [-0.15, -0.1) is 0 Å². The van der Waals surface area contributed by atoms with Gasteiger partial charge in [-0.2, -0.15) is 0 Å². The Bertz CT molecular complexity index is 1130. The van der Waals surface area contributed by atoms with Crippen LogP contribution in [0.25, 0.3) is 0 Å². The normalized spacial score (nSPS) is 25.0. The van der Waals surface area contributed by atoms with E-state index in [1.807, 2.05) is 0 Å². The number of nitrogens with two attached hydrogens (primary N) is 1. The Labute approximate surface area is 286 Å². The van der Waals surface area contributed by atoms with Crippen LogP contribution >= 0.6 is 0 Å². The van der Waals surface area contributed by atoms with Gasteiger partial charge in [0.1, 0.15) is 6.04 Å². The number of hydrazine groups is 1. The molecule has 14 nitrogen and oxygen atoms in total. The second kappa shape index (κ2) is 18.2. The highest BCUT2D eigenvalue weighted by molar-refractivity contribution is 6.48. The number of nitrogens with one attached hydrogen (secondary N) is 5. The first kappa shape index (κ1) is 39.5. The minimum atomic E-state index is -0.821. The third-order valence-electron chi connectivity index (χ3n) is 10.8. The van der Waals surface area contributed by atoms with E-state index in [2.05, 4.69) is 50.6 Å². The maximum absolute atomic E-state index is 13.8. The van der Waals surface area contributed by atoms with Crippen molar-refractivity contribution < 1.29 is 28.7 Å². The van der Waals surface area contributed by atoms with Crippen LogP contribution in [0.15, 0.2) is 0 Å². The van der Waals surface area contributed by atoms with Crippen molar-refractivity contribution in [2.45, 2.75) is 155 Å². The maximum Gasteiger partial charge on any atom is 0.481 e. The van der Waals surface area contributed by atoms with Gasteiger partial charge < -0.3 is 31.0 Å². The van der Waals surface area contributed by atoms with Crippen molar-refractivity contribution in [3.8, 4) is 0 Å². The fourth-order valence-corrected chi connectivity index (χ4v) is 7.93. The van der Waals surface area contributed by atoms with Gasteiger partial charge in [0, 0.05) is 19.4 Å². The van der Waals surface area contributed by atoms with Crippen LogP contribution < -0.4 is 27.1 Å². The first-order valence-corrected chi connectivity index (χ1v) is 18.1. The zero-order valence-corrected chi connectivity index (χ0v) is 29.7. The molecule has 272 valence electrons. The van der Waals surface area contributed by atoms with Gasteiger partial charge in [-0.1, -0.05) is 71.6 Å². The number of primary amides is 1. The molecule has 4 rings (SSSR count). The number of nitrogens with zero attached hydrogens (tertiary/aromatic N) is 1. The molecule has 1 saturated heterocycles. The zero-order valence-electron chi connectivity index (χ0n) is 29.7. The second-order valence-corrected chi connectivity index (χ2v) is 15.3. The molecule has 0 aromatic carbocycles. The maximum atomic E-state index is 13.8. The summed E-state index contributed by atoms with van der Waals surface area (Å²) in [5.74, 6) is -0.357. The summed E-state index contributed by atoms with van der Waals surface area (Å²) in [7, 11) is -0.587. The van der Waals surface area contributed by atoms with Crippen molar-refractivity contribution in [1.29, 1.82) is 5.41 Å². The first-order valence-electron chi connectivity index (χ1n) is 18.1. The van der Waals surface area contributed by atoms with Gasteiger partial charge in [0.15, 0.2) is 5.03 Å². The van der Waals surface area contributed by atoms with Crippen LogP contribution in [0.5, 0.6) is 0 Å². The molecule has 15 heteroatoms. The Kier molecular flexibility index (Phi) is 15.0. The molecule has 3 saturated carbocycles. The number of hydrogen-bond acceptors (Lipinski definition) is 8. The van der Waals surface area contributed by atoms with Crippen LogP contribution in [0.3, 0.4) is 0 Å². The zero-order chi connectivity index (χ0) is 35.5. The topological polar surface area (TPSA) is 211 Å². The van der Waals surface area contributed by atoms with Crippen LogP contribution in [0.4, 0.5) is 0 Å². The summed E-state index contributed by atoms with van der Waals surface area (Å²) in [5, 5.41) is 26.1. The molecule has 0 radical (unpaired) electrons. The molecule has 0 aromatic rings. The molecule has 0 unspecified atom stereocenters. The van der Waals surface area contributed by atoms with Gasteiger partial charge in [-0.05, 0) is 75.0 Å². The van der Waals surface area contributed by atoms with E-state index in [1.165, 1.54) is 0 Å². The molecule has 4 aliphatic rings. The highest BCUT2D eigenvalue weighted by atomic mass is 16.7. The van der Waals surface area contributed by atoms with Gasteiger partial charge in [0.05, 0.1) is 17.6 Å². The lowest BCUT2D eigenvalue weighted by molar-refractivity contribution is -0.525. The predicted molar refractivity (Wildman–Crippen MR) is 184 cm³/mol. The number of rotatable bonds is 22. The fraction of sp³-hybridized carbons (Fsp3) is 0.879. The van der Waals surface area contributed by atoms with Crippen molar-refractivity contribution in [2.24, 2.45) is 28.9 Å². The van der Waals surface area contributed by atoms with E-state index in [0.717, 1.165) is 57.8 Å². The molecular weight excluding hydrogens is 617 g/mol. The lowest BCUT2D eigenvalue weighted by atomic mass is 9.43. The van der Waals surface area contributed by atoms with E-state index in [0.29, 0.717) is 43.9 Å². The summed E-state index contributed by atoms with van der Waals surface area (Å²) >= 11 is 0. The Balaban J connectivity index is 1.54. The molecule has 0 aromatic heterocycles. The van der Waals surface area contributed by atoms with Crippen molar-refractivity contribution in [3.63, 3.8) is 0 Å². The predicted octanol–water partition coefficient (Wildman–Crippen LogP) is 3.74. The number of hydrogen-bond donors (Lipinski definition) is 6. The average molecular weight is 678 g/mol. The highest BCUT2D eigenvalue weighted by Gasteiger charge is 2.68. The molecule has 3 amide bonds. The Morgan fingerprint density at radius 2 is 1.60 bits per heavy atom. The molecule has 7 N–H and O–H groups in total. The largest absolute Gasteiger partial charge is 0.481 e. The third-order valence-corrected chi connectivity index (χ3v) is 10.8. The third kappa shape index (κ3) is 11.3. The SMILES string of the molecule is CC(C)C[C@H](NC(=O)[C@H](CCCNC(=N)N[N+](=O)[O-])NC(=O)CCCCCCCCCCC(N)=O)B1O[C@@H]2C[C@@H]3C[C@@H](C3(C)C)[C@]2(C)O1. The van der Waals surface area contributed by atoms with Crippen molar-refractivity contribution in [3.05, 3.63) is 10.1 Å². The molecule has 3 aliphatic carbocycles. The number of guanidine groups is 1. The van der Waals surface area contributed by atoms with Gasteiger partial charge in [0.25, 0.3) is 5.96 Å². The van der Waals surface area contributed by atoms with Gasteiger partial charge in [0.2, 0.25) is 17.7 Å². The van der Waals surface area contributed by atoms with E-state index in [9.17, 15) is 24.5 Å². The smallest absolute Gasteiger partial charge is 0.404 e. The van der Waals surface area contributed by atoms with Crippen LogP contribution in [0.2, 0.25) is 0 Å². The molecule has 1 heterocycles.